The lowest BCUT2D eigenvalue weighted by molar-refractivity contribution is 0.0950. The number of carbonyl (C=O) groups excluding carboxylic acids is 1. The molecule has 0 unspecified atom stereocenters. The van der Waals surface area contributed by atoms with Gasteiger partial charge in [0.15, 0.2) is 0 Å². The summed E-state index contributed by atoms with van der Waals surface area (Å²) in [5.41, 5.74) is 3.07. The zero-order chi connectivity index (χ0) is 18.2. The molecule has 0 radical (unpaired) electrons. The number of rotatable bonds is 7. The van der Waals surface area contributed by atoms with Gasteiger partial charge in [-0.15, -0.1) is 0 Å². The van der Waals surface area contributed by atoms with Gasteiger partial charge in [0.25, 0.3) is 5.91 Å². The van der Waals surface area contributed by atoms with Crippen molar-refractivity contribution in [2.24, 2.45) is 0 Å². The second-order valence-corrected chi connectivity index (χ2v) is 5.77. The molecule has 2 N–H and O–H groups in total. The van der Waals surface area contributed by atoms with Crippen molar-refractivity contribution in [2.75, 3.05) is 11.9 Å². The fraction of sp³-hybridized carbons (Fsp3) is 0.150. The molecular weight excluding hydrogens is 331 g/mol. The monoisotopic (exact) mass is 350 g/mol. The molecule has 2 heterocycles. The van der Waals surface area contributed by atoms with Crippen LogP contribution in [-0.2, 0) is 13.0 Å². The Labute approximate surface area is 151 Å². The average molecular weight is 350 g/mol. The lowest BCUT2D eigenvalue weighted by Gasteiger charge is -2.09. The van der Waals surface area contributed by atoms with Crippen LogP contribution in [0.15, 0.2) is 67.1 Å². The van der Waals surface area contributed by atoms with E-state index in [4.69, 9.17) is 0 Å². The summed E-state index contributed by atoms with van der Waals surface area (Å²) in [5.74, 6) is -0.444. The number of nitrogens with one attached hydrogen (secondary N) is 2. The van der Waals surface area contributed by atoms with Crippen molar-refractivity contribution >= 4 is 11.6 Å². The molecule has 0 fully saturated rings. The van der Waals surface area contributed by atoms with Gasteiger partial charge in [-0.1, -0.05) is 18.2 Å². The molecule has 0 aliphatic heterocycles. The van der Waals surface area contributed by atoms with Gasteiger partial charge in [0.2, 0.25) is 0 Å². The quantitative estimate of drug-likeness (QED) is 0.687. The molecule has 1 aromatic carbocycles. The predicted octanol–water partition coefficient (Wildman–Crippen LogP) is 3.20. The molecule has 6 heteroatoms. The molecule has 0 spiro atoms. The lowest BCUT2D eigenvalue weighted by atomic mass is 10.1. The Bertz CT molecular complexity index is 853. The highest BCUT2D eigenvalue weighted by molar-refractivity contribution is 5.94. The van der Waals surface area contributed by atoms with Crippen molar-refractivity contribution in [2.45, 2.75) is 13.0 Å². The number of benzene rings is 1. The lowest BCUT2D eigenvalue weighted by Crippen LogP contribution is -2.23. The van der Waals surface area contributed by atoms with E-state index in [1.165, 1.54) is 18.3 Å². The third-order valence-corrected chi connectivity index (χ3v) is 3.81. The van der Waals surface area contributed by atoms with Crippen molar-refractivity contribution in [1.82, 2.24) is 15.3 Å². The van der Waals surface area contributed by atoms with Gasteiger partial charge in [0, 0.05) is 25.1 Å². The van der Waals surface area contributed by atoms with Crippen LogP contribution in [0.25, 0.3) is 0 Å². The normalized spacial score (nSPS) is 10.3. The molecule has 26 heavy (non-hydrogen) atoms. The minimum Gasteiger partial charge on any atom is -0.383 e. The molecule has 1 amide bonds. The number of halogens is 1. The molecule has 3 aromatic rings. The van der Waals surface area contributed by atoms with Crippen LogP contribution in [0.1, 0.15) is 21.6 Å². The number of pyridine rings is 2. The Balaban J connectivity index is 1.52. The van der Waals surface area contributed by atoms with Gasteiger partial charge in [0.05, 0.1) is 23.5 Å². The summed E-state index contributed by atoms with van der Waals surface area (Å²) in [5, 5.41) is 6.05. The van der Waals surface area contributed by atoms with E-state index in [1.54, 1.807) is 30.6 Å². The topological polar surface area (TPSA) is 66.9 Å². The molecule has 0 bridgehead atoms. The van der Waals surface area contributed by atoms with E-state index in [2.05, 4.69) is 20.6 Å². The Kier molecular flexibility index (Phi) is 5.88. The van der Waals surface area contributed by atoms with Crippen LogP contribution in [0.3, 0.4) is 0 Å². The van der Waals surface area contributed by atoms with E-state index in [9.17, 15) is 9.18 Å². The summed E-state index contributed by atoms with van der Waals surface area (Å²) in [6.45, 7) is 1.02. The summed E-state index contributed by atoms with van der Waals surface area (Å²) in [7, 11) is 0. The number of hydrogen-bond donors (Lipinski definition) is 2. The van der Waals surface area contributed by atoms with E-state index in [0.29, 0.717) is 18.7 Å². The Hall–Kier alpha value is -3.28. The maximum absolute atomic E-state index is 12.9. The zero-order valence-electron chi connectivity index (χ0n) is 14.2. The van der Waals surface area contributed by atoms with Crippen LogP contribution in [0.2, 0.25) is 0 Å². The Morgan fingerprint density at radius 2 is 1.92 bits per heavy atom. The largest absolute Gasteiger partial charge is 0.383 e. The molecule has 0 aliphatic rings. The highest BCUT2D eigenvalue weighted by atomic mass is 19.1. The summed E-state index contributed by atoms with van der Waals surface area (Å²) in [6.07, 6.45) is 5.63. The zero-order valence-corrected chi connectivity index (χ0v) is 14.2. The first-order valence-corrected chi connectivity index (χ1v) is 8.32. The minimum atomic E-state index is -0.240. The highest BCUT2D eigenvalue weighted by Gasteiger charge is 2.07. The number of nitrogens with zero attached hydrogens (tertiary/aromatic N) is 2. The number of anilines is 1. The number of carbonyl (C=O) groups is 1. The maximum Gasteiger partial charge on any atom is 0.253 e. The van der Waals surface area contributed by atoms with Gasteiger partial charge in [0.1, 0.15) is 5.82 Å². The van der Waals surface area contributed by atoms with Crippen molar-refractivity contribution in [3.63, 3.8) is 0 Å². The van der Waals surface area contributed by atoms with E-state index in [0.717, 1.165) is 23.4 Å². The highest BCUT2D eigenvalue weighted by Crippen LogP contribution is 2.10. The van der Waals surface area contributed by atoms with Crippen molar-refractivity contribution in [3.05, 3.63) is 89.8 Å². The van der Waals surface area contributed by atoms with Gasteiger partial charge in [-0.2, -0.15) is 0 Å². The van der Waals surface area contributed by atoms with Crippen molar-refractivity contribution < 1.29 is 9.18 Å². The fourth-order valence-electron chi connectivity index (χ4n) is 2.44. The first-order valence-electron chi connectivity index (χ1n) is 8.32. The second-order valence-electron chi connectivity index (χ2n) is 5.77. The summed E-state index contributed by atoms with van der Waals surface area (Å²) in [4.78, 5) is 20.5. The molecule has 0 atom stereocenters. The smallest absolute Gasteiger partial charge is 0.253 e. The fourth-order valence-corrected chi connectivity index (χ4v) is 2.44. The van der Waals surface area contributed by atoms with Gasteiger partial charge in [-0.3, -0.25) is 14.8 Å². The molecule has 5 nitrogen and oxygen atoms in total. The summed E-state index contributed by atoms with van der Waals surface area (Å²) < 4.78 is 12.9. The molecule has 0 saturated carbocycles. The van der Waals surface area contributed by atoms with Crippen molar-refractivity contribution in [3.8, 4) is 0 Å². The van der Waals surface area contributed by atoms with Gasteiger partial charge in [-0.05, 0) is 42.3 Å². The van der Waals surface area contributed by atoms with E-state index in [1.807, 2.05) is 18.2 Å². The average Bonchev–Trinajstić information content (AvgIpc) is 2.69. The van der Waals surface area contributed by atoms with E-state index in [-0.39, 0.29) is 11.7 Å². The Morgan fingerprint density at radius 3 is 2.69 bits per heavy atom. The molecule has 0 aliphatic carbocycles. The van der Waals surface area contributed by atoms with Crippen LogP contribution in [0, 0.1) is 5.82 Å². The van der Waals surface area contributed by atoms with Crippen LogP contribution in [0.4, 0.5) is 10.1 Å². The third-order valence-electron chi connectivity index (χ3n) is 3.81. The summed E-state index contributed by atoms with van der Waals surface area (Å²) in [6, 6.07) is 13.7. The first-order chi connectivity index (χ1) is 12.7. The van der Waals surface area contributed by atoms with E-state index >= 15 is 0 Å². The Morgan fingerprint density at radius 1 is 1.08 bits per heavy atom. The second kappa shape index (κ2) is 8.71. The van der Waals surface area contributed by atoms with Gasteiger partial charge >= 0.3 is 0 Å². The molecule has 0 saturated heterocycles. The van der Waals surface area contributed by atoms with E-state index < -0.39 is 0 Å². The van der Waals surface area contributed by atoms with Crippen LogP contribution >= 0.6 is 0 Å². The molecular formula is C20H19FN4O. The molecule has 132 valence electrons. The molecule has 3 rings (SSSR count). The van der Waals surface area contributed by atoms with Gasteiger partial charge < -0.3 is 10.6 Å². The third kappa shape index (κ3) is 5.11. The first kappa shape index (κ1) is 17.5. The predicted molar refractivity (Wildman–Crippen MR) is 98.2 cm³/mol. The van der Waals surface area contributed by atoms with Crippen LogP contribution < -0.4 is 10.6 Å². The number of aromatic nitrogens is 2. The minimum absolute atomic E-state index is 0.203. The SMILES string of the molecule is O=C(NCc1ccccn1)c1cncc(NCCc2ccc(F)cc2)c1. The van der Waals surface area contributed by atoms with Gasteiger partial charge in [-0.25, -0.2) is 4.39 Å². The maximum atomic E-state index is 12.9. The molecule has 2 aromatic heterocycles. The van der Waals surface area contributed by atoms with Crippen LogP contribution in [-0.4, -0.2) is 22.4 Å². The standard InChI is InChI=1S/C20H19FN4O/c21-17-6-4-15(5-7-17)8-10-24-19-11-16(12-22-13-19)20(26)25-14-18-3-1-2-9-23-18/h1-7,9,11-13,24H,8,10,14H2,(H,25,26). The number of hydrogen-bond acceptors (Lipinski definition) is 4. The van der Waals surface area contributed by atoms with Crippen LogP contribution in [0.5, 0.6) is 0 Å². The number of amides is 1. The van der Waals surface area contributed by atoms with Crippen molar-refractivity contribution in [1.29, 1.82) is 0 Å². The summed E-state index contributed by atoms with van der Waals surface area (Å²) >= 11 is 0.